The van der Waals surface area contributed by atoms with Gasteiger partial charge in [0.05, 0.1) is 93.8 Å². The van der Waals surface area contributed by atoms with E-state index in [9.17, 15) is 0 Å². The Morgan fingerprint density at radius 3 is 1.24 bits per heavy atom. The van der Waals surface area contributed by atoms with Crippen LogP contribution in [0.1, 0.15) is 88.5 Å². The normalized spacial score (nSPS) is 14.0. The van der Waals surface area contributed by atoms with Crippen molar-refractivity contribution >= 4 is 0 Å². The molecule has 0 radical (unpaired) electrons. The lowest BCUT2D eigenvalue weighted by molar-refractivity contribution is -0.936. The molecule has 2 saturated heterocycles. The maximum absolute atomic E-state index is 5.09. The molecule has 1 spiro atoms. The molecule has 2 fully saturated rings. The number of ether oxygens (including phenoxy) is 2. The van der Waals surface area contributed by atoms with Crippen LogP contribution in [-0.4, -0.2) is 125 Å². The van der Waals surface area contributed by atoms with Crippen LogP contribution < -0.4 is 4.57 Å². The predicted molar refractivity (Wildman–Crippen MR) is 214 cm³/mol. The van der Waals surface area contributed by atoms with Crippen LogP contribution in [-0.2, 0) is 23.1 Å². The molecule has 2 aliphatic heterocycles. The molecule has 0 unspecified atom stereocenters. The summed E-state index contributed by atoms with van der Waals surface area (Å²) in [6, 6.07) is 0. The minimum Gasteiger partial charge on any atom is -0.379 e. The summed E-state index contributed by atoms with van der Waals surface area (Å²) in [6.07, 6.45) is 15.1. The van der Waals surface area contributed by atoms with E-state index in [0.29, 0.717) is 0 Å². The number of hydrogen-bond donors (Lipinski definition) is 0. The van der Waals surface area contributed by atoms with E-state index < -0.39 is 0 Å². The second-order valence-electron chi connectivity index (χ2n) is 12.3. The molecule has 1 aromatic heterocycles. The number of aromatic nitrogens is 2. The number of hydrogen-bond acceptors (Lipinski definition) is 2. The number of quaternary nitrogens is 3. The third-order valence-corrected chi connectivity index (χ3v) is 8.47. The molecule has 1 aromatic rings. The fourth-order valence-electron chi connectivity index (χ4n) is 5.30. The average Bonchev–Trinajstić information content (AvgIpc) is 3.36. The average molecular weight is 667 g/mol. The van der Waals surface area contributed by atoms with Crippen molar-refractivity contribution in [3.63, 3.8) is 0 Å². The van der Waals surface area contributed by atoms with Crippen molar-refractivity contribution in [1.82, 2.24) is 4.57 Å². The SMILES string of the molecule is C.C.C.C1CC[N+]2(CC1)CCCCC2.CC[N+](CC)(CC)CCOC.CCn1cc[n+](C)c1.COCC[N+](C)(C)C.[CH3-].[CH3-].[CH3-].[CH3-].[CH3-]. The highest BCUT2D eigenvalue weighted by molar-refractivity contribution is 4.63. The summed E-state index contributed by atoms with van der Waals surface area (Å²) >= 11 is 0. The Bertz CT molecular complexity index is 630. The molecule has 0 N–H and O–H groups in total. The maximum Gasteiger partial charge on any atom is 0.243 e. The molecule has 0 saturated carbocycles. The molecular weight excluding hydrogens is 570 g/mol. The van der Waals surface area contributed by atoms with Crippen molar-refractivity contribution in [3.05, 3.63) is 55.9 Å². The van der Waals surface area contributed by atoms with Gasteiger partial charge in [0.25, 0.3) is 0 Å². The molecule has 0 aromatic carbocycles. The fourth-order valence-corrected chi connectivity index (χ4v) is 5.30. The second-order valence-corrected chi connectivity index (χ2v) is 12.3. The molecular formula is C39H96N5O2-. The zero-order chi connectivity index (χ0) is 28.9. The van der Waals surface area contributed by atoms with Crippen molar-refractivity contribution in [1.29, 1.82) is 0 Å². The van der Waals surface area contributed by atoms with Gasteiger partial charge in [-0.05, 0) is 66.2 Å². The van der Waals surface area contributed by atoms with Crippen LogP contribution in [0.15, 0.2) is 18.7 Å². The summed E-state index contributed by atoms with van der Waals surface area (Å²) < 4.78 is 17.8. The zero-order valence-corrected chi connectivity index (χ0v) is 32.5. The summed E-state index contributed by atoms with van der Waals surface area (Å²) in [7, 11) is 12.0. The van der Waals surface area contributed by atoms with Gasteiger partial charge in [0.15, 0.2) is 0 Å². The van der Waals surface area contributed by atoms with Crippen molar-refractivity contribution in [2.75, 3.05) is 107 Å². The zero-order valence-electron chi connectivity index (χ0n) is 32.5. The topological polar surface area (TPSA) is 27.3 Å². The van der Waals surface area contributed by atoms with Crippen molar-refractivity contribution < 1.29 is 27.5 Å². The van der Waals surface area contributed by atoms with E-state index in [2.05, 4.69) is 65.9 Å². The molecule has 3 heterocycles. The smallest absolute Gasteiger partial charge is 0.243 e. The van der Waals surface area contributed by atoms with Gasteiger partial charge < -0.3 is 60.1 Å². The van der Waals surface area contributed by atoms with Crippen molar-refractivity contribution in [3.8, 4) is 0 Å². The summed E-state index contributed by atoms with van der Waals surface area (Å²) in [6.45, 7) is 23.6. The summed E-state index contributed by atoms with van der Waals surface area (Å²) in [4.78, 5) is 0. The van der Waals surface area contributed by atoms with Crippen molar-refractivity contribution in [2.45, 2.75) is 95.0 Å². The molecule has 0 aliphatic carbocycles. The summed E-state index contributed by atoms with van der Waals surface area (Å²) in [5, 5.41) is 0. The number of imidazole rings is 1. The Kier molecular flexibility index (Phi) is 56.2. The second kappa shape index (κ2) is 38.5. The third kappa shape index (κ3) is 31.6. The third-order valence-electron chi connectivity index (χ3n) is 8.47. The van der Waals surface area contributed by atoms with Crippen LogP contribution >= 0.6 is 0 Å². The minimum atomic E-state index is 0. The highest BCUT2D eigenvalue weighted by Crippen LogP contribution is 2.24. The lowest BCUT2D eigenvalue weighted by atomic mass is 10.0. The van der Waals surface area contributed by atoms with Crippen LogP contribution in [0.5, 0.6) is 0 Å². The lowest BCUT2D eigenvalue weighted by Gasteiger charge is -2.44. The van der Waals surface area contributed by atoms with E-state index in [4.69, 9.17) is 9.47 Å². The van der Waals surface area contributed by atoms with Crippen LogP contribution in [0.4, 0.5) is 0 Å². The minimum absolute atomic E-state index is 0. The lowest BCUT2D eigenvalue weighted by Crippen LogP contribution is -2.54. The number of piperidine rings is 2. The van der Waals surface area contributed by atoms with Gasteiger partial charge in [-0.3, -0.25) is 0 Å². The van der Waals surface area contributed by atoms with Crippen LogP contribution in [0, 0.1) is 37.1 Å². The van der Waals surface area contributed by atoms with Crippen LogP contribution in [0.25, 0.3) is 0 Å². The number of aryl methyl sites for hydroxylation is 2. The standard InChI is InChI=1S/C10H20N.C9H22NO.C6H11N2.C6H16NO.3CH4.5CH3/c1-3-7-11(8-4-1)9-5-2-6-10-11;1-5-10(6-2,7-3)8-9-11-4;1-3-8-5-4-7(2)6-8;1-7(2,3)5-6-8-4;;;;;;;;/h1-10H2;5-9H2,1-4H3;4-6H,3H2,1-2H3;5-6H2,1-4H3;3*1H4;5*1H3/q4*+1;;;;5*-1. The predicted octanol–water partition coefficient (Wildman–Crippen LogP) is 8.51. The van der Waals surface area contributed by atoms with Crippen LogP contribution in [0.3, 0.4) is 0 Å². The van der Waals surface area contributed by atoms with Gasteiger partial charge in [-0.15, -0.1) is 0 Å². The van der Waals surface area contributed by atoms with Crippen LogP contribution in [0.2, 0.25) is 0 Å². The maximum atomic E-state index is 5.09. The highest BCUT2D eigenvalue weighted by atomic mass is 16.5. The molecule has 0 bridgehead atoms. The Labute approximate surface area is 297 Å². The van der Waals surface area contributed by atoms with Gasteiger partial charge in [-0.1, -0.05) is 22.3 Å². The van der Waals surface area contributed by atoms with E-state index in [0.717, 1.165) is 37.3 Å². The first kappa shape index (κ1) is 67.2. The van der Waals surface area contributed by atoms with E-state index in [1.807, 2.05) is 17.8 Å². The number of nitrogens with zero attached hydrogens (tertiary/aromatic N) is 5. The Morgan fingerprint density at radius 1 is 0.652 bits per heavy atom. The van der Waals surface area contributed by atoms with Crippen molar-refractivity contribution in [2.24, 2.45) is 7.05 Å². The monoisotopic (exact) mass is 667 g/mol. The largest absolute Gasteiger partial charge is 0.379 e. The Morgan fingerprint density at radius 2 is 1.02 bits per heavy atom. The highest BCUT2D eigenvalue weighted by Gasteiger charge is 2.30. The molecule has 0 atom stereocenters. The molecule has 0 amide bonds. The first-order chi connectivity index (χ1) is 18.0. The van der Waals surface area contributed by atoms with E-state index in [1.54, 1.807) is 14.2 Å². The van der Waals surface area contributed by atoms with Gasteiger partial charge in [-0.25, -0.2) is 9.13 Å². The van der Waals surface area contributed by atoms with Gasteiger partial charge in [0, 0.05) is 14.2 Å². The van der Waals surface area contributed by atoms with Gasteiger partial charge in [-0.2, -0.15) is 0 Å². The van der Waals surface area contributed by atoms with E-state index >= 15 is 0 Å². The first-order valence-corrected chi connectivity index (χ1v) is 15.5. The van der Waals surface area contributed by atoms with Gasteiger partial charge >= 0.3 is 0 Å². The number of likely N-dealkylation sites (N-methyl/N-ethyl adjacent to an activating group) is 2. The van der Waals surface area contributed by atoms with E-state index in [-0.39, 0.29) is 59.4 Å². The summed E-state index contributed by atoms with van der Waals surface area (Å²) in [5.74, 6) is 0. The molecule has 46 heavy (non-hydrogen) atoms. The molecule has 2 aliphatic rings. The Balaban J connectivity index is -0.0000000541. The molecule has 7 heteroatoms. The molecule has 290 valence electrons. The van der Waals surface area contributed by atoms with Gasteiger partial charge in [0.1, 0.15) is 25.5 Å². The fraction of sp³-hybridized carbons (Fsp3) is 0.795. The van der Waals surface area contributed by atoms with E-state index in [1.165, 1.54) is 93.3 Å². The van der Waals surface area contributed by atoms with Gasteiger partial charge in [0.2, 0.25) is 6.33 Å². The molecule has 3 rings (SSSR count). The number of methoxy groups -OCH3 is 2. The number of rotatable bonds is 10. The molecule has 7 nitrogen and oxygen atoms in total. The quantitative estimate of drug-likeness (QED) is 0.142. The first-order valence-electron chi connectivity index (χ1n) is 15.5. The summed E-state index contributed by atoms with van der Waals surface area (Å²) in [5.41, 5.74) is 0. The Hall–Kier alpha value is -0.990.